The molecule has 0 radical (unpaired) electrons. The van der Waals surface area contributed by atoms with Crippen molar-refractivity contribution < 1.29 is 19.1 Å². The van der Waals surface area contributed by atoms with Crippen LogP contribution in [-0.2, 0) is 9.53 Å². The van der Waals surface area contributed by atoms with Crippen molar-refractivity contribution in [2.45, 2.75) is 52.6 Å². The fourth-order valence-corrected chi connectivity index (χ4v) is 1.83. The molecule has 0 fully saturated rings. The first-order valence-electron chi connectivity index (χ1n) is 7.29. The Morgan fingerprint density at radius 1 is 1.05 bits per heavy atom. The van der Waals surface area contributed by atoms with E-state index in [4.69, 9.17) is 9.47 Å². The van der Waals surface area contributed by atoms with Crippen LogP contribution < -0.4 is 4.74 Å². The van der Waals surface area contributed by atoms with Crippen LogP contribution in [0.3, 0.4) is 0 Å². The highest BCUT2D eigenvalue weighted by Crippen LogP contribution is 2.19. The molecule has 1 aromatic rings. The fourth-order valence-electron chi connectivity index (χ4n) is 1.83. The highest BCUT2D eigenvalue weighted by Gasteiger charge is 2.12. The van der Waals surface area contributed by atoms with Gasteiger partial charge in [-0.05, 0) is 58.4 Å². The third-order valence-electron chi connectivity index (χ3n) is 2.69. The topological polar surface area (TPSA) is 52.6 Å². The molecule has 1 aromatic carbocycles. The van der Waals surface area contributed by atoms with Crippen molar-refractivity contribution in [3.8, 4) is 5.75 Å². The minimum absolute atomic E-state index is 0.0293. The maximum Gasteiger partial charge on any atom is 0.305 e. The van der Waals surface area contributed by atoms with Crippen LogP contribution in [0.5, 0.6) is 5.75 Å². The molecule has 0 amide bonds. The molecule has 0 aliphatic rings. The lowest BCUT2D eigenvalue weighted by Gasteiger charge is -2.21. The summed E-state index contributed by atoms with van der Waals surface area (Å²) in [6.07, 6.45) is 1.14. The van der Waals surface area contributed by atoms with Crippen LogP contribution >= 0.6 is 0 Å². The van der Waals surface area contributed by atoms with Gasteiger partial charge in [-0.1, -0.05) is 0 Å². The maximum absolute atomic E-state index is 12.0. The summed E-state index contributed by atoms with van der Waals surface area (Å²) in [6.45, 7) is 8.07. The van der Waals surface area contributed by atoms with E-state index in [1.165, 1.54) is 0 Å². The Kier molecular flexibility index (Phi) is 6.40. The van der Waals surface area contributed by atoms with Gasteiger partial charge in [-0.2, -0.15) is 0 Å². The van der Waals surface area contributed by atoms with E-state index in [1.807, 2.05) is 20.8 Å². The number of esters is 1. The molecular formula is C17H24O4. The summed E-state index contributed by atoms with van der Waals surface area (Å²) in [4.78, 5) is 23.2. The monoisotopic (exact) mass is 292 g/mol. The van der Waals surface area contributed by atoms with E-state index < -0.39 is 0 Å². The molecule has 0 aliphatic carbocycles. The number of ketones is 1. The number of benzene rings is 1. The van der Waals surface area contributed by atoms with Crippen molar-refractivity contribution in [3.63, 3.8) is 0 Å². The van der Waals surface area contributed by atoms with Crippen molar-refractivity contribution in [2.24, 2.45) is 0 Å². The summed E-state index contributed by atoms with van der Waals surface area (Å²) >= 11 is 0. The highest BCUT2D eigenvalue weighted by atomic mass is 16.5. The molecule has 0 heterocycles. The quantitative estimate of drug-likeness (QED) is 0.567. The SMILES string of the molecule is CCOC(=O)CCCC(=O)c1ccc(OC(C)(C)C)cc1. The second-order valence-corrected chi connectivity index (χ2v) is 5.82. The fraction of sp³-hybridized carbons (Fsp3) is 0.529. The molecule has 0 spiro atoms. The lowest BCUT2D eigenvalue weighted by molar-refractivity contribution is -0.143. The number of ether oxygens (including phenoxy) is 2. The molecule has 0 unspecified atom stereocenters. The van der Waals surface area contributed by atoms with Crippen LogP contribution in [0, 0.1) is 0 Å². The molecule has 0 aromatic heterocycles. The number of hydrogen-bond acceptors (Lipinski definition) is 4. The predicted octanol–water partition coefficient (Wildman–Crippen LogP) is 3.78. The molecule has 0 N–H and O–H groups in total. The third kappa shape index (κ3) is 6.93. The van der Waals surface area contributed by atoms with Gasteiger partial charge in [0, 0.05) is 18.4 Å². The molecule has 116 valence electrons. The Labute approximate surface area is 126 Å². The van der Waals surface area contributed by atoms with Crippen molar-refractivity contribution in [2.75, 3.05) is 6.61 Å². The van der Waals surface area contributed by atoms with Gasteiger partial charge in [-0.15, -0.1) is 0 Å². The number of carbonyl (C=O) groups is 2. The zero-order chi connectivity index (χ0) is 15.9. The first kappa shape index (κ1) is 17.2. The minimum Gasteiger partial charge on any atom is -0.488 e. The lowest BCUT2D eigenvalue weighted by atomic mass is 10.1. The Balaban J connectivity index is 2.46. The average Bonchev–Trinajstić information content (AvgIpc) is 2.38. The van der Waals surface area contributed by atoms with E-state index in [0.29, 0.717) is 25.0 Å². The van der Waals surface area contributed by atoms with Crippen LogP contribution in [0.1, 0.15) is 57.3 Å². The van der Waals surface area contributed by atoms with E-state index in [9.17, 15) is 9.59 Å². The second-order valence-electron chi connectivity index (χ2n) is 5.82. The van der Waals surface area contributed by atoms with Gasteiger partial charge >= 0.3 is 5.97 Å². The first-order valence-corrected chi connectivity index (χ1v) is 7.29. The smallest absolute Gasteiger partial charge is 0.305 e. The van der Waals surface area contributed by atoms with Gasteiger partial charge in [0.1, 0.15) is 11.4 Å². The van der Waals surface area contributed by atoms with Gasteiger partial charge in [0.25, 0.3) is 0 Å². The summed E-state index contributed by atoms with van der Waals surface area (Å²) in [5, 5.41) is 0. The predicted molar refractivity (Wildman–Crippen MR) is 81.6 cm³/mol. The van der Waals surface area contributed by atoms with Crippen LogP contribution in [0.25, 0.3) is 0 Å². The van der Waals surface area contributed by atoms with E-state index in [0.717, 1.165) is 5.75 Å². The van der Waals surface area contributed by atoms with Crippen LogP contribution in [-0.4, -0.2) is 24.0 Å². The summed E-state index contributed by atoms with van der Waals surface area (Å²) < 4.78 is 10.5. The second kappa shape index (κ2) is 7.81. The summed E-state index contributed by atoms with van der Waals surface area (Å²) in [5.74, 6) is 0.520. The Hall–Kier alpha value is -1.84. The highest BCUT2D eigenvalue weighted by molar-refractivity contribution is 5.96. The minimum atomic E-state index is -0.259. The lowest BCUT2D eigenvalue weighted by Crippen LogP contribution is -2.22. The summed E-state index contributed by atoms with van der Waals surface area (Å²) in [5.41, 5.74) is 0.380. The van der Waals surface area contributed by atoms with Crippen LogP contribution in [0.15, 0.2) is 24.3 Å². The number of hydrogen-bond donors (Lipinski definition) is 0. The molecule has 0 aliphatic heterocycles. The van der Waals surface area contributed by atoms with Gasteiger partial charge in [0.15, 0.2) is 5.78 Å². The van der Waals surface area contributed by atoms with Gasteiger partial charge in [0.05, 0.1) is 6.61 Å². The molecular weight excluding hydrogens is 268 g/mol. The molecule has 0 atom stereocenters. The zero-order valence-corrected chi connectivity index (χ0v) is 13.3. The van der Waals surface area contributed by atoms with Crippen molar-refractivity contribution in [3.05, 3.63) is 29.8 Å². The summed E-state index contributed by atoms with van der Waals surface area (Å²) in [7, 11) is 0. The largest absolute Gasteiger partial charge is 0.488 e. The average molecular weight is 292 g/mol. The first-order chi connectivity index (χ1) is 9.81. The molecule has 4 heteroatoms. The number of Topliss-reactive ketones (excluding diaryl/α,β-unsaturated/α-hetero) is 1. The van der Waals surface area contributed by atoms with Gasteiger partial charge in [-0.25, -0.2) is 0 Å². The number of rotatable bonds is 7. The maximum atomic E-state index is 12.0. The molecule has 0 bridgehead atoms. The van der Waals surface area contributed by atoms with Crippen LogP contribution in [0.4, 0.5) is 0 Å². The Morgan fingerprint density at radius 2 is 1.67 bits per heavy atom. The van der Waals surface area contributed by atoms with Crippen molar-refractivity contribution >= 4 is 11.8 Å². The molecule has 21 heavy (non-hydrogen) atoms. The molecule has 4 nitrogen and oxygen atoms in total. The van der Waals surface area contributed by atoms with E-state index in [-0.39, 0.29) is 23.8 Å². The standard InChI is InChI=1S/C17H24O4/c1-5-20-16(19)8-6-7-15(18)13-9-11-14(12-10-13)21-17(2,3)4/h9-12H,5-8H2,1-4H3. The Bertz CT molecular complexity index is 469. The van der Waals surface area contributed by atoms with Crippen molar-refractivity contribution in [1.29, 1.82) is 0 Å². The van der Waals surface area contributed by atoms with Crippen LogP contribution in [0.2, 0.25) is 0 Å². The normalized spacial score (nSPS) is 11.0. The molecule has 0 saturated carbocycles. The molecule has 1 rings (SSSR count). The summed E-state index contributed by atoms with van der Waals surface area (Å²) in [6, 6.07) is 7.11. The van der Waals surface area contributed by atoms with E-state index >= 15 is 0 Å². The van der Waals surface area contributed by atoms with Crippen molar-refractivity contribution in [1.82, 2.24) is 0 Å². The number of carbonyl (C=O) groups excluding carboxylic acids is 2. The van der Waals surface area contributed by atoms with Gasteiger partial charge in [0.2, 0.25) is 0 Å². The Morgan fingerprint density at radius 3 is 2.19 bits per heavy atom. The zero-order valence-electron chi connectivity index (χ0n) is 13.3. The van der Waals surface area contributed by atoms with E-state index in [2.05, 4.69) is 0 Å². The van der Waals surface area contributed by atoms with Gasteiger partial charge < -0.3 is 9.47 Å². The van der Waals surface area contributed by atoms with E-state index in [1.54, 1.807) is 31.2 Å². The molecule has 0 saturated heterocycles. The van der Waals surface area contributed by atoms with Gasteiger partial charge in [-0.3, -0.25) is 9.59 Å². The third-order valence-corrected chi connectivity index (χ3v) is 2.69.